The number of thiophene rings is 1. The second kappa shape index (κ2) is 5.21. The summed E-state index contributed by atoms with van der Waals surface area (Å²) in [6.07, 6.45) is 0.312. The molecule has 0 aliphatic carbocycles. The van der Waals surface area contributed by atoms with Crippen LogP contribution in [0.4, 0.5) is 4.39 Å². The maximum absolute atomic E-state index is 13.6. The molecule has 0 amide bonds. The summed E-state index contributed by atoms with van der Waals surface area (Å²) in [7, 11) is 0. The van der Waals surface area contributed by atoms with Crippen LogP contribution in [0.2, 0.25) is 0 Å². The van der Waals surface area contributed by atoms with Crippen molar-refractivity contribution in [2.45, 2.75) is 33.3 Å². The minimum Gasteiger partial charge on any atom is -0.383 e. The van der Waals surface area contributed by atoms with Crippen LogP contribution in [0, 0.1) is 19.7 Å². The van der Waals surface area contributed by atoms with Gasteiger partial charge in [0, 0.05) is 9.75 Å². The van der Waals surface area contributed by atoms with Crippen LogP contribution in [0.3, 0.4) is 0 Å². The third kappa shape index (κ3) is 2.47. The Hall–Kier alpha value is -1.19. The number of hydrogen-bond donors (Lipinski definition) is 1. The molecule has 2 aromatic rings. The molecule has 0 saturated heterocycles. The molecule has 0 fully saturated rings. The quantitative estimate of drug-likeness (QED) is 0.883. The van der Waals surface area contributed by atoms with E-state index in [9.17, 15) is 9.50 Å². The molecule has 0 saturated carbocycles. The summed E-state index contributed by atoms with van der Waals surface area (Å²) in [4.78, 5) is 2.16. The van der Waals surface area contributed by atoms with Gasteiger partial charge in [-0.25, -0.2) is 4.39 Å². The minimum atomic E-state index is -0.659. The highest BCUT2D eigenvalue weighted by Gasteiger charge is 2.15. The SMILES string of the molecule is CCc1ccc(C(O)c2cc(C)c(F)c(C)c2)s1. The third-order valence-electron chi connectivity index (χ3n) is 3.07. The van der Waals surface area contributed by atoms with Gasteiger partial charge in [-0.15, -0.1) is 11.3 Å². The Balaban J connectivity index is 2.36. The van der Waals surface area contributed by atoms with Gasteiger partial charge in [-0.2, -0.15) is 0 Å². The number of halogens is 1. The van der Waals surface area contributed by atoms with Gasteiger partial charge in [0.2, 0.25) is 0 Å². The second-order valence-electron chi connectivity index (χ2n) is 4.53. The molecule has 0 aliphatic heterocycles. The van der Waals surface area contributed by atoms with Gasteiger partial charge in [0.05, 0.1) is 0 Å². The van der Waals surface area contributed by atoms with Crippen molar-refractivity contribution in [1.82, 2.24) is 0 Å². The normalized spacial score (nSPS) is 12.7. The van der Waals surface area contributed by atoms with E-state index in [0.717, 1.165) is 16.9 Å². The zero-order valence-corrected chi connectivity index (χ0v) is 11.6. The summed E-state index contributed by atoms with van der Waals surface area (Å²) in [5.74, 6) is -0.189. The largest absolute Gasteiger partial charge is 0.383 e. The first kappa shape index (κ1) is 13.2. The molecule has 1 aromatic carbocycles. The van der Waals surface area contributed by atoms with E-state index >= 15 is 0 Å². The van der Waals surface area contributed by atoms with E-state index in [2.05, 4.69) is 6.92 Å². The zero-order chi connectivity index (χ0) is 13.3. The van der Waals surface area contributed by atoms with E-state index in [1.807, 2.05) is 12.1 Å². The third-order valence-corrected chi connectivity index (χ3v) is 4.36. The maximum Gasteiger partial charge on any atom is 0.129 e. The Bertz CT molecular complexity index is 536. The summed E-state index contributed by atoms with van der Waals surface area (Å²) < 4.78 is 13.6. The minimum absolute atomic E-state index is 0.189. The van der Waals surface area contributed by atoms with Gasteiger partial charge in [-0.1, -0.05) is 19.1 Å². The van der Waals surface area contributed by atoms with Crippen LogP contribution in [0.1, 0.15) is 39.5 Å². The van der Waals surface area contributed by atoms with Crippen LogP contribution < -0.4 is 0 Å². The van der Waals surface area contributed by atoms with Crippen molar-refractivity contribution in [3.05, 3.63) is 56.5 Å². The molecule has 2 rings (SSSR count). The molecular weight excluding hydrogens is 247 g/mol. The van der Waals surface area contributed by atoms with Gasteiger partial charge in [-0.05, 0) is 49.1 Å². The Morgan fingerprint density at radius 1 is 1.22 bits per heavy atom. The molecule has 1 nitrogen and oxygen atoms in total. The molecule has 1 atom stereocenters. The maximum atomic E-state index is 13.6. The molecule has 96 valence electrons. The van der Waals surface area contributed by atoms with Gasteiger partial charge in [0.15, 0.2) is 0 Å². The lowest BCUT2D eigenvalue weighted by Gasteiger charge is -2.12. The molecular formula is C15H17FOS. The van der Waals surface area contributed by atoms with E-state index in [0.29, 0.717) is 11.1 Å². The average Bonchev–Trinajstić information content (AvgIpc) is 2.83. The van der Waals surface area contributed by atoms with Gasteiger partial charge in [-0.3, -0.25) is 0 Å². The van der Waals surface area contributed by atoms with Crippen LogP contribution in [0.25, 0.3) is 0 Å². The van der Waals surface area contributed by atoms with Crippen molar-refractivity contribution >= 4 is 11.3 Å². The van der Waals surface area contributed by atoms with Crippen LogP contribution in [0.15, 0.2) is 24.3 Å². The first-order chi connectivity index (χ1) is 8.52. The van der Waals surface area contributed by atoms with E-state index in [4.69, 9.17) is 0 Å². The Morgan fingerprint density at radius 2 is 1.83 bits per heavy atom. The average molecular weight is 264 g/mol. The predicted molar refractivity (Wildman–Crippen MR) is 73.6 cm³/mol. The molecule has 0 aliphatic rings. The topological polar surface area (TPSA) is 20.2 Å². The first-order valence-electron chi connectivity index (χ1n) is 6.06. The highest BCUT2D eigenvalue weighted by Crippen LogP contribution is 2.30. The van der Waals surface area contributed by atoms with Crippen LogP contribution in [0.5, 0.6) is 0 Å². The fourth-order valence-corrected chi connectivity index (χ4v) is 3.00. The van der Waals surface area contributed by atoms with E-state index in [1.165, 1.54) is 4.88 Å². The van der Waals surface area contributed by atoms with E-state index < -0.39 is 6.10 Å². The van der Waals surface area contributed by atoms with Crippen molar-refractivity contribution in [3.63, 3.8) is 0 Å². The number of aliphatic hydroxyl groups is 1. The summed E-state index contributed by atoms with van der Waals surface area (Å²) in [6.45, 7) is 5.54. The van der Waals surface area contributed by atoms with Crippen molar-refractivity contribution in [1.29, 1.82) is 0 Å². The molecule has 18 heavy (non-hydrogen) atoms. The first-order valence-corrected chi connectivity index (χ1v) is 6.88. The molecule has 1 heterocycles. The lowest BCUT2D eigenvalue weighted by atomic mass is 10.0. The fourth-order valence-electron chi connectivity index (χ4n) is 2.03. The summed E-state index contributed by atoms with van der Waals surface area (Å²) in [5, 5.41) is 10.3. The number of rotatable bonds is 3. The van der Waals surface area contributed by atoms with Crippen molar-refractivity contribution in [2.24, 2.45) is 0 Å². The lowest BCUT2D eigenvalue weighted by Crippen LogP contribution is -2.00. The number of aryl methyl sites for hydroxylation is 3. The molecule has 0 radical (unpaired) electrons. The molecule has 0 spiro atoms. The van der Waals surface area contributed by atoms with Crippen molar-refractivity contribution in [3.8, 4) is 0 Å². The van der Waals surface area contributed by atoms with Gasteiger partial charge in [0.1, 0.15) is 11.9 Å². The summed E-state index contributed by atoms with van der Waals surface area (Å²) in [6, 6.07) is 7.42. The van der Waals surface area contributed by atoms with Crippen molar-refractivity contribution < 1.29 is 9.50 Å². The standard InChI is InChI=1S/C15H17FOS/c1-4-12-5-6-13(18-12)15(17)11-7-9(2)14(16)10(3)8-11/h5-8,15,17H,4H2,1-3H3. The Kier molecular flexibility index (Phi) is 3.83. The van der Waals surface area contributed by atoms with E-state index in [-0.39, 0.29) is 5.82 Å². The molecule has 1 aromatic heterocycles. The van der Waals surface area contributed by atoms with Crippen LogP contribution in [-0.4, -0.2) is 5.11 Å². The molecule has 3 heteroatoms. The highest BCUT2D eigenvalue weighted by molar-refractivity contribution is 7.12. The Morgan fingerprint density at radius 3 is 2.33 bits per heavy atom. The highest BCUT2D eigenvalue weighted by atomic mass is 32.1. The molecule has 0 bridgehead atoms. The van der Waals surface area contributed by atoms with Gasteiger partial charge >= 0.3 is 0 Å². The summed E-state index contributed by atoms with van der Waals surface area (Å²) >= 11 is 1.61. The lowest BCUT2D eigenvalue weighted by molar-refractivity contribution is 0.224. The van der Waals surface area contributed by atoms with Crippen molar-refractivity contribution in [2.75, 3.05) is 0 Å². The molecule has 1 N–H and O–H groups in total. The number of benzene rings is 1. The van der Waals surface area contributed by atoms with Gasteiger partial charge < -0.3 is 5.11 Å². The smallest absolute Gasteiger partial charge is 0.129 e. The van der Waals surface area contributed by atoms with Crippen LogP contribution >= 0.6 is 11.3 Å². The Labute approximate surface area is 111 Å². The van der Waals surface area contributed by atoms with Crippen LogP contribution in [-0.2, 0) is 6.42 Å². The predicted octanol–water partition coefficient (Wildman–Crippen LogP) is 4.15. The second-order valence-corrected chi connectivity index (χ2v) is 5.73. The molecule has 1 unspecified atom stereocenters. The van der Waals surface area contributed by atoms with Gasteiger partial charge in [0.25, 0.3) is 0 Å². The number of hydrogen-bond acceptors (Lipinski definition) is 2. The zero-order valence-electron chi connectivity index (χ0n) is 10.8. The fraction of sp³-hybridized carbons (Fsp3) is 0.333. The monoisotopic (exact) mass is 264 g/mol. The number of aliphatic hydroxyl groups excluding tert-OH is 1. The summed E-state index contributed by atoms with van der Waals surface area (Å²) in [5.41, 5.74) is 1.92. The van der Waals surface area contributed by atoms with E-state index in [1.54, 1.807) is 37.3 Å².